The molecule has 0 heterocycles. The van der Waals surface area contributed by atoms with Crippen molar-refractivity contribution in [2.45, 2.75) is 24.6 Å². The topological polar surface area (TPSA) is 109 Å². The van der Waals surface area contributed by atoms with Crippen molar-refractivity contribution in [1.82, 2.24) is 5.32 Å². The van der Waals surface area contributed by atoms with Gasteiger partial charge in [0, 0.05) is 17.7 Å². The van der Waals surface area contributed by atoms with Crippen LogP contribution in [0.3, 0.4) is 0 Å². The molecule has 6 nitrogen and oxygen atoms in total. The molecule has 1 atom stereocenters. The fourth-order valence-electron chi connectivity index (χ4n) is 1.75. The van der Waals surface area contributed by atoms with Crippen molar-refractivity contribution in [1.29, 1.82) is 0 Å². The lowest BCUT2D eigenvalue weighted by Crippen LogP contribution is -2.41. The minimum Gasteiger partial charge on any atom is -0.480 e. The Hall–Kier alpha value is -2.02. The average molecular weight is 310 g/mol. The SMILES string of the molecule is CSCc1cccc(C(=O)N[C@@H](CCC(N)=O)C(=O)O)c1. The standard InChI is InChI=1S/C14H18N2O4S/c1-21-8-9-3-2-4-10(7-9)13(18)16-11(14(19)20)5-6-12(15)17/h2-4,7,11H,5-6,8H2,1H3,(H2,15,17)(H,16,18)(H,19,20)/t11-/m0/s1. The van der Waals surface area contributed by atoms with E-state index in [9.17, 15) is 14.4 Å². The number of carbonyl (C=O) groups is 3. The zero-order valence-corrected chi connectivity index (χ0v) is 12.5. The minimum absolute atomic E-state index is 0.0269. The summed E-state index contributed by atoms with van der Waals surface area (Å²) in [5, 5.41) is 11.5. The van der Waals surface area contributed by atoms with Crippen molar-refractivity contribution in [3.63, 3.8) is 0 Å². The normalized spacial score (nSPS) is 11.7. The molecule has 1 aromatic carbocycles. The van der Waals surface area contributed by atoms with Crippen LogP contribution in [0.1, 0.15) is 28.8 Å². The smallest absolute Gasteiger partial charge is 0.326 e. The highest BCUT2D eigenvalue weighted by Gasteiger charge is 2.21. The molecule has 0 saturated heterocycles. The predicted molar refractivity (Wildman–Crippen MR) is 81.0 cm³/mol. The Labute approximate surface area is 127 Å². The summed E-state index contributed by atoms with van der Waals surface area (Å²) < 4.78 is 0. The van der Waals surface area contributed by atoms with Gasteiger partial charge in [-0.05, 0) is 30.4 Å². The maximum absolute atomic E-state index is 12.1. The highest BCUT2D eigenvalue weighted by molar-refractivity contribution is 7.97. The van der Waals surface area contributed by atoms with Crippen molar-refractivity contribution in [2.24, 2.45) is 5.73 Å². The molecule has 2 amide bonds. The summed E-state index contributed by atoms with van der Waals surface area (Å²) in [5.74, 6) is -1.50. The number of hydrogen-bond acceptors (Lipinski definition) is 4. The number of benzene rings is 1. The van der Waals surface area contributed by atoms with Crippen LogP contribution in [0.15, 0.2) is 24.3 Å². The maximum Gasteiger partial charge on any atom is 0.326 e. The van der Waals surface area contributed by atoms with E-state index in [0.717, 1.165) is 11.3 Å². The van der Waals surface area contributed by atoms with Gasteiger partial charge in [-0.15, -0.1) is 0 Å². The van der Waals surface area contributed by atoms with Crippen LogP contribution < -0.4 is 11.1 Å². The molecule has 0 unspecified atom stereocenters. The third-order valence-electron chi connectivity index (χ3n) is 2.78. The Morgan fingerprint density at radius 3 is 2.67 bits per heavy atom. The van der Waals surface area contributed by atoms with E-state index in [1.807, 2.05) is 12.3 Å². The number of nitrogens with one attached hydrogen (secondary N) is 1. The summed E-state index contributed by atoms with van der Waals surface area (Å²) in [6.07, 6.45) is 1.84. The summed E-state index contributed by atoms with van der Waals surface area (Å²) in [6.45, 7) is 0. The summed E-state index contributed by atoms with van der Waals surface area (Å²) >= 11 is 1.63. The van der Waals surface area contributed by atoms with E-state index in [1.165, 1.54) is 0 Å². The number of rotatable bonds is 8. The Bertz CT molecular complexity index is 533. The molecule has 0 aromatic heterocycles. The van der Waals surface area contributed by atoms with E-state index >= 15 is 0 Å². The molecule has 4 N–H and O–H groups in total. The van der Waals surface area contributed by atoms with Gasteiger partial charge in [0.2, 0.25) is 5.91 Å². The molecule has 1 aromatic rings. The largest absolute Gasteiger partial charge is 0.480 e. The number of nitrogens with two attached hydrogens (primary N) is 1. The quantitative estimate of drug-likeness (QED) is 0.663. The molecule has 1 rings (SSSR count). The van der Waals surface area contributed by atoms with Crippen LogP contribution in [0, 0.1) is 0 Å². The third-order valence-corrected chi connectivity index (χ3v) is 3.41. The fourth-order valence-corrected chi connectivity index (χ4v) is 2.27. The fraction of sp³-hybridized carbons (Fsp3) is 0.357. The molecule has 0 aliphatic carbocycles. The second-order valence-corrected chi connectivity index (χ2v) is 5.37. The summed E-state index contributed by atoms with van der Waals surface area (Å²) in [4.78, 5) is 33.9. The van der Waals surface area contributed by atoms with Crippen molar-refractivity contribution in [3.05, 3.63) is 35.4 Å². The Balaban J connectivity index is 2.74. The molecule has 0 spiro atoms. The number of thioether (sulfide) groups is 1. The van der Waals surface area contributed by atoms with Gasteiger partial charge in [0.05, 0.1) is 0 Å². The second-order valence-electron chi connectivity index (χ2n) is 4.50. The number of carboxylic acids is 1. The molecule has 0 saturated carbocycles. The highest BCUT2D eigenvalue weighted by Crippen LogP contribution is 2.12. The van der Waals surface area contributed by atoms with Gasteiger partial charge in [-0.25, -0.2) is 4.79 Å². The van der Waals surface area contributed by atoms with Gasteiger partial charge in [-0.2, -0.15) is 11.8 Å². The van der Waals surface area contributed by atoms with Crippen LogP contribution in [0.2, 0.25) is 0 Å². The molecule has 0 aliphatic rings. The van der Waals surface area contributed by atoms with Gasteiger partial charge < -0.3 is 16.2 Å². The molecule has 7 heteroatoms. The number of carbonyl (C=O) groups excluding carboxylic acids is 2. The Morgan fingerprint density at radius 2 is 2.10 bits per heavy atom. The lowest BCUT2D eigenvalue weighted by Gasteiger charge is -2.14. The molecule has 0 fully saturated rings. The number of amides is 2. The number of carboxylic acid groups (broad SMARTS) is 1. The minimum atomic E-state index is -1.19. The van der Waals surface area contributed by atoms with Crippen molar-refractivity contribution in [2.75, 3.05) is 6.26 Å². The van der Waals surface area contributed by atoms with Gasteiger partial charge in [0.15, 0.2) is 0 Å². The summed E-state index contributed by atoms with van der Waals surface area (Å²) in [5.41, 5.74) is 6.37. The first-order valence-electron chi connectivity index (χ1n) is 6.34. The van der Waals surface area contributed by atoms with Crippen LogP contribution in [-0.4, -0.2) is 35.2 Å². The third kappa shape index (κ3) is 5.86. The van der Waals surface area contributed by atoms with Crippen LogP contribution in [-0.2, 0) is 15.3 Å². The maximum atomic E-state index is 12.1. The lowest BCUT2D eigenvalue weighted by molar-refractivity contribution is -0.139. The molecular weight excluding hydrogens is 292 g/mol. The monoisotopic (exact) mass is 310 g/mol. The van der Waals surface area contributed by atoms with Gasteiger partial charge in [0.1, 0.15) is 6.04 Å². The van der Waals surface area contributed by atoms with Crippen LogP contribution in [0.4, 0.5) is 0 Å². The molecule has 114 valence electrons. The molecule has 21 heavy (non-hydrogen) atoms. The Morgan fingerprint density at radius 1 is 1.38 bits per heavy atom. The summed E-state index contributed by atoms with van der Waals surface area (Å²) in [7, 11) is 0. The van der Waals surface area contributed by atoms with Crippen molar-refractivity contribution >= 4 is 29.5 Å². The van der Waals surface area contributed by atoms with Gasteiger partial charge in [0.25, 0.3) is 5.91 Å². The van der Waals surface area contributed by atoms with Crippen molar-refractivity contribution < 1.29 is 19.5 Å². The number of primary amides is 1. The van der Waals surface area contributed by atoms with Gasteiger partial charge in [-0.3, -0.25) is 9.59 Å². The van der Waals surface area contributed by atoms with E-state index in [1.54, 1.807) is 30.0 Å². The first-order valence-corrected chi connectivity index (χ1v) is 7.73. The van der Waals surface area contributed by atoms with E-state index in [-0.39, 0.29) is 12.8 Å². The van der Waals surface area contributed by atoms with Crippen LogP contribution >= 0.6 is 11.8 Å². The molecule has 0 aliphatic heterocycles. The van der Waals surface area contributed by atoms with Gasteiger partial charge in [-0.1, -0.05) is 12.1 Å². The molecule has 0 radical (unpaired) electrons. The second kappa shape index (κ2) is 8.31. The summed E-state index contributed by atoms with van der Waals surface area (Å²) in [6, 6.07) is 5.86. The van der Waals surface area contributed by atoms with E-state index in [0.29, 0.717) is 5.56 Å². The first-order chi connectivity index (χ1) is 9.93. The molecular formula is C14H18N2O4S. The first kappa shape index (κ1) is 17.0. The zero-order chi connectivity index (χ0) is 15.8. The van der Waals surface area contributed by atoms with Gasteiger partial charge >= 0.3 is 5.97 Å². The number of aliphatic carboxylic acids is 1. The zero-order valence-electron chi connectivity index (χ0n) is 11.7. The highest BCUT2D eigenvalue weighted by atomic mass is 32.2. The van der Waals surface area contributed by atoms with E-state index in [2.05, 4.69) is 5.32 Å². The predicted octanol–water partition coefficient (Wildman–Crippen LogP) is 0.998. The number of hydrogen-bond donors (Lipinski definition) is 3. The lowest BCUT2D eigenvalue weighted by atomic mass is 10.1. The Kier molecular flexibility index (Phi) is 6.74. The van der Waals surface area contributed by atoms with E-state index < -0.39 is 23.8 Å². The van der Waals surface area contributed by atoms with Crippen LogP contribution in [0.25, 0.3) is 0 Å². The average Bonchev–Trinajstić information content (AvgIpc) is 2.43. The van der Waals surface area contributed by atoms with E-state index in [4.69, 9.17) is 10.8 Å². The molecule has 0 bridgehead atoms. The van der Waals surface area contributed by atoms with Crippen molar-refractivity contribution in [3.8, 4) is 0 Å². The van der Waals surface area contributed by atoms with Crippen LogP contribution in [0.5, 0.6) is 0 Å².